The van der Waals surface area contributed by atoms with E-state index >= 15 is 0 Å². The molecule has 0 fully saturated rings. The predicted molar refractivity (Wildman–Crippen MR) is 220 cm³/mol. The molecule has 0 spiro atoms. The Hall–Kier alpha value is -5.72. The molecule has 240 valence electrons. The maximum atomic E-state index is 5.16. The molecule has 3 nitrogen and oxygen atoms in total. The molecule has 1 N–H and O–H groups in total. The summed E-state index contributed by atoms with van der Waals surface area (Å²) in [5.41, 5.74) is 12.8. The third kappa shape index (κ3) is 5.92. The predicted octanol–water partition coefficient (Wildman–Crippen LogP) is 11.9. The molecule has 1 unspecified atom stereocenters. The van der Waals surface area contributed by atoms with Crippen molar-refractivity contribution in [2.24, 2.45) is 4.99 Å². The Labute approximate surface area is 309 Å². The van der Waals surface area contributed by atoms with Crippen molar-refractivity contribution in [3.63, 3.8) is 0 Å². The topological polar surface area (TPSA) is 29.3 Å². The SMILES string of the molecule is C1=C(c2ccc(-c3ccc(-n4c5ccccc5c5ccccc54)cc3)cc2)NC(c2ccccc2)=NC1c1ccc(-c2ccccc2)cc1.I. The third-order valence-electron chi connectivity index (χ3n) is 9.49. The van der Waals surface area contributed by atoms with Crippen molar-refractivity contribution in [2.75, 3.05) is 0 Å². The van der Waals surface area contributed by atoms with Crippen molar-refractivity contribution in [3.05, 3.63) is 205 Å². The minimum atomic E-state index is -0.107. The van der Waals surface area contributed by atoms with Crippen LogP contribution in [0.2, 0.25) is 0 Å². The summed E-state index contributed by atoms with van der Waals surface area (Å²) in [5, 5.41) is 6.19. The van der Waals surface area contributed by atoms with Crippen molar-refractivity contribution >= 4 is 57.3 Å². The Morgan fingerprint density at radius 1 is 0.420 bits per heavy atom. The van der Waals surface area contributed by atoms with Gasteiger partial charge in [-0.05, 0) is 63.7 Å². The van der Waals surface area contributed by atoms with E-state index in [0.717, 1.165) is 33.9 Å². The molecule has 50 heavy (non-hydrogen) atoms. The van der Waals surface area contributed by atoms with Gasteiger partial charge in [0.2, 0.25) is 0 Å². The molecule has 0 bridgehead atoms. The Morgan fingerprint density at radius 2 is 0.860 bits per heavy atom. The van der Waals surface area contributed by atoms with Crippen LogP contribution < -0.4 is 5.32 Å². The number of rotatable bonds is 6. The highest BCUT2D eigenvalue weighted by molar-refractivity contribution is 14.0. The summed E-state index contributed by atoms with van der Waals surface area (Å²) in [4.78, 5) is 5.16. The summed E-state index contributed by atoms with van der Waals surface area (Å²) in [6, 6.07) is 64.6. The van der Waals surface area contributed by atoms with Crippen molar-refractivity contribution in [3.8, 4) is 27.9 Å². The molecule has 0 aliphatic carbocycles. The monoisotopic (exact) mass is 755 g/mol. The second-order valence-corrected chi connectivity index (χ2v) is 12.5. The van der Waals surface area contributed by atoms with Gasteiger partial charge in [-0.3, -0.25) is 4.99 Å². The molecule has 8 aromatic rings. The maximum absolute atomic E-state index is 5.16. The minimum Gasteiger partial charge on any atom is -0.340 e. The summed E-state index contributed by atoms with van der Waals surface area (Å²) < 4.78 is 2.36. The number of aliphatic imine (C=N–C) groups is 1. The molecule has 0 amide bonds. The van der Waals surface area contributed by atoms with Gasteiger partial charge in [0.25, 0.3) is 0 Å². The molecule has 1 aliphatic rings. The van der Waals surface area contributed by atoms with E-state index in [9.17, 15) is 0 Å². The van der Waals surface area contributed by atoms with Crippen LogP contribution in [0.3, 0.4) is 0 Å². The largest absolute Gasteiger partial charge is 0.340 e. The van der Waals surface area contributed by atoms with Gasteiger partial charge in [-0.25, -0.2) is 0 Å². The Balaban J connectivity index is 0.00000361. The number of nitrogens with zero attached hydrogens (tertiary/aromatic N) is 2. The van der Waals surface area contributed by atoms with E-state index < -0.39 is 0 Å². The van der Waals surface area contributed by atoms with Crippen LogP contribution in [0.4, 0.5) is 0 Å². The van der Waals surface area contributed by atoms with Gasteiger partial charge in [-0.15, -0.1) is 24.0 Å². The Kier molecular flexibility index (Phi) is 8.61. The van der Waals surface area contributed by atoms with Crippen LogP contribution in [-0.4, -0.2) is 10.4 Å². The van der Waals surface area contributed by atoms with E-state index in [-0.39, 0.29) is 30.0 Å². The summed E-state index contributed by atoms with van der Waals surface area (Å²) in [6.45, 7) is 0. The number of halogens is 1. The summed E-state index contributed by atoms with van der Waals surface area (Å²) >= 11 is 0. The number of nitrogens with one attached hydrogen (secondary N) is 1. The van der Waals surface area contributed by atoms with Crippen LogP contribution >= 0.6 is 24.0 Å². The van der Waals surface area contributed by atoms with Gasteiger partial charge in [0.1, 0.15) is 5.84 Å². The highest BCUT2D eigenvalue weighted by Crippen LogP contribution is 2.34. The highest BCUT2D eigenvalue weighted by Gasteiger charge is 2.20. The standard InChI is InChI=1S/C46H33N3.HI/c1-3-11-32(12-4-1)33-19-23-36(24-20-33)42-31-43(48-46(47-42)38-13-5-2-6-14-38)37-25-21-34(22-26-37)35-27-29-39(30-28-35)49-44-17-9-7-15-40(44)41-16-8-10-18-45(41)49;/h1-31,42H,(H,47,48);1H. The summed E-state index contributed by atoms with van der Waals surface area (Å²) in [5.74, 6) is 0.875. The first-order chi connectivity index (χ1) is 24.3. The number of fused-ring (bicyclic) bond motifs is 3. The fraction of sp³-hybridized carbons (Fsp3) is 0.0217. The number of aromatic nitrogens is 1. The van der Waals surface area contributed by atoms with Gasteiger partial charge in [0, 0.05) is 27.7 Å². The molecular weight excluding hydrogens is 721 g/mol. The lowest BCUT2D eigenvalue weighted by Gasteiger charge is -2.23. The lowest BCUT2D eigenvalue weighted by Crippen LogP contribution is -2.27. The maximum Gasteiger partial charge on any atom is 0.133 e. The van der Waals surface area contributed by atoms with E-state index in [1.165, 1.54) is 44.1 Å². The van der Waals surface area contributed by atoms with Crippen LogP contribution in [0.25, 0.3) is 55.4 Å². The molecule has 1 aromatic heterocycles. The van der Waals surface area contributed by atoms with Gasteiger partial charge in [-0.2, -0.15) is 0 Å². The zero-order valence-corrected chi connectivity index (χ0v) is 29.6. The van der Waals surface area contributed by atoms with E-state index in [4.69, 9.17) is 4.99 Å². The van der Waals surface area contributed by atoms with E-state index in [0.29, 0.717) is 0 Å². The number of para-hydroxylation sites is 2. The molecule has 0 saturated heterocycles. The van der Waals surface area contributed by atoms with Crippen molar-refractivity contribution < 1.29 is 0 Å². The molecule has 1 aliphatic heterocycles. The molecule has 4 heteroatoms. The number of hydrogen-bond acceptors (Lipinski definition) is 2. The molecule has 0 radical (unpaired) electrons. The van der Waals surface area contributed by atoms with E-state index in [1.807, 2.05) is 6.07 Å². The first-order valence-electron chi connectivity index (χ1n) is 16.8. The quantitative estimate of drug-likeness (QED) is 0.168. The van der Waals surface area contributed by atoms with Crippen LogP contribution in [0.5, 0.6) is 0 Å². The average Bonchev–Trinajstić information content (AvgIpc) is 3.53. The molecular formula is C46H34IN3. The van der Waals surface area contributed by atoms with Crippen LogP contribution in [-0.2, 0) is 0 Å². The second kappa shape index (κ2) is 13.7. The van der Waals surface area contributed by atoms with Crippen LogP contribution in [0.1, 0.15) is 22.7 Å². The number of hydrogen-bond donors (Lipinski definition) is 1. The molecule has 9 rings (SSSR count). The number of benzene rings is 7. The van der Waals surface area contributed by atoms with Gasteiger partial charge in [0.05, 0.1) is 17.1 Å². The zero-order valence-electron chi connectivity index (χ0n) is 27.3. The second-order valence-electron chi connectivity index (χ2n) is 12.5. The lowest BCUT2D eigenvalue weighted by molar-refractivity contribution is 0.880. The normalized spacial score (nSPS) is 14.0. The highest BCUT2D eigenvalue weighted by atomic mass is 127. The van der Waals surface area contributed by atoms with Gasteiger partial charge >= 0.3 is 0 Å². The molecule has 0 saturated carbocycles. The van der Waals surface area contributed by atoms with Gasteiger partial charge < -0.3 is 9.88 Å². The first kappa shape index (κ1) is 31.5. The van der Waals surface area contributed by atoms with Crippen LogP contribution in [0, 0.1) is 0 Å². The summed E-state index contributed by atoms with van der Waals surface area (Å²) in [6.07, 6.45) is 2.24. The Morgan fingerprint density at radius 3 is 1.44 bits per heavy atom. The third-order valence-corrected chi connectivity index (χ3v) is 9.49. The Bertz CT molecular complexity index is 2420. The van der Waals surface area contributed by atoms with Crippen molar-refractivity contribution in [1.29, 1.82) is 0 Å². The fourth-order valence-corrected chi connectivity index (χ4v) is 6.97. The smallest absolute Gasteiger partial charge is 0.133 e. The minimum absolute atomic E-state index is 0. The van der Waals surface area contributed by atoms with Crippen molar-refractivity contribution in [2.45, 2.75) is 6.04 Å². The molecule has 7 aromatic carbocycles. The average molecular weight is 756 g/mol. The molecule has 1 atom stereocenters. The van der Waals surface area contributed by atoms with E-state index in [2.05, 4.69) is 192 Å². The van der Waals surface area contributed by atoms with Gasteiger partial charge in [0.15, 0.2) is 0 Å². The van der Waals surface area contributed by atoms with Gasteiger partial charge in [-0.1, -0.05) is 158 Å². The molecule has 2 heterocycles. The zero-order chi connectivity index (χ0) is 32.6. The first-order valence-corrected chi connectivity index (χ1v) is 16.8. The summed E-state index contributed by atoms with van der Waals surface area (Å²) in [7, 11) is 0. The lowest BCUT2D eigenvalue weighted by atomic mass is 9.97. The van der Waals surface area contributed by atoms with Crippen LogP contribution in [0.15, 0.2) is 193 Å². The van der Waals surface area contributed by atoms with E-state index in [1.54, 1.807) is 0 Å². The van der Waals surface area contributed by atoms with Crippen molar-refractivity contribution in [1.82, 2.24) is 9.88 Å². The fourth-order valence-electron chi connectivity index (χ4n) is 6.97. The number of amidine groups is 1.